The van der Waals surface area contributed by atoms with Gasteiger partial charge >= 0.3 is 5.97 Å². The summed E-state index contributed by atoms with van der Waals surface area (Å²) in [6.45, 7) is 0. The Morgan fingerprint density at radius 3 is 2.62 bits per heavy atom. The number of fused-ring (bicyclic) bond motifs is 1. The maximum Gasteiger partial charge on any atom is 0.305 e. The molecule has 2 aromatic carbocycles. The third-order valence-electron chi connectivity index (χ3n) is 4.90. The molecule has 2 atom stereocenters. The summed E-state index contributed by atoms with van der Waals surface area (Å²) < 4.78 is 5.14. The molecule has 1 aliphatic carbocycles. The lowest BCUT2D eigenvalue weighted by atomic mass is 9.82. The van der Waals surface area contributed by atoms with E-state index < -0.39 is 12.0 Å². The smallest absolute Gasteiger partial charge is 0.305 e. The van der Waals surface area contributed by atoms with Gasteiger partial charge in [-0.3, -0.25) is 9.59 Å². The summed E-state index contributed by atoms with van der Waals surface area (Å²) in [4.78, 5) is 24.2. The van der Waals surface area contributed by atoms with E-state index in [1.54, 1.807) is 31.4 Å². The van der Waals surface area contributed by atoms with Crippen molar-refractivity contribution in [1.29, 1.82) is 0 Å². The molecule has 0 fully saturated rings. The van der Waals surface area contributed by atoms with Crippen LogP contribution in [0, 0.1) is 0 Å². The minimum absolute atomic E-state index is 0.112. The third-order valence-corrected chi connectivity index (χ3v) is 4.90. The van der Waals surface area contributed by atoms with Crippen LogP contribution in [-0.2, 0) is 16.0 Å². The first kappa shape index (κ1) is 18.0. The summed E-state index contributed by atoms with van der Waals surface area (Å²) in [6, 6.07) is 14.6. The van der Waals surface area contributed by atoms with Gasteiger partial charge in [0.25, 0.3) is 0 Å². The number of benzene rings is 2. The molecule has 1 unspecified atom stereocenters. The largest absolute Gasteiger partial charge is 0.497 e. The number of carboxylic acid groups (broad SMARTS) is 1. The molecular weight excluding hydrogens is 330 g/mol. The first-order valence-corrected chi connectivity index (χ1v) is 8.82. The molecule has 0 bridgehead atoms. The topological polar surface area (TPSA) is 75.6 Å². The average Bonchev–Trinajstić information content (AvgIpc) is 2.66. The van der Waals surface area contributed by atoms with Crippen LogP contribution in [-0.4, -0.2) is 24.1 Å². The van der Waals surface area contributed by atoms with Crippen molar-refractivity contribution >= 4 is 11.9 Å². The van der Waals surface area contributed by atoms with Crippen molar-refractivity contribution in [3.63, 3.8) is 0 Å². The molecule has 0 spiro atoms. The van der Waals surface area contributed by atoms with Crippen LogP contribution in [0.5, 0.6) is 5.75 Å². The summed E-state index contributed by atoms with van der Waals surface area (Å²) in [5, 5.41) is 12.2. The second kappa shape index (κ2) is 8.04. The number of carbonyl (C=O) groups is 2. The van der Waals surface area contributed by atoms with Gasteiger partial charge in [0.1, 0.15) is 5.75 Å². The van der Waals surface area contributed by atoms with Gasteiger partial charge in [-0.2, -0.15) is 0 Å². The van der Waals surface area contributed by atoms with Crippen LogP contribution in [0.3, 0.4) is 0 Å². The van der Waals surface area contributed by atoms with E-state index in [4.69, 9.17) is 4.74 Å². The minimum atomic E-state index is -0.949. The van der Waals surface area contributed by atoms with Gasteiger partial charge in [0.05, 0.1) is 25.5 Å². The van der Waals surface area contributed by atoms with Gasteiger partial charge in [-0.25, -0.2) is 0 Å². The van der Waals surface area contributed by atoms with E-state index in [-0.39, 0.29) is 18.2 Å². The van der Waals surface area contributed by atoms with Crippen LogP contribution in [0.2, 0.25) is 0 Å². The second-order valence-corrected chi connectivity index (χ2v) is 6.58. The lowest BCUT2D eigenvalue weighted by molar-refractivity contribution is -0.137. The summed E-state index contributed by atoms with van der Waals surface area (Å²) in [6.07, 6.45) is 2.57. The standard InChI is InChI=1S/C21H23NO4/c1-26-16-11-9-15(10-12-16)19(13-20(23)24)22-21(25)18-8-4-6-14-5-2-3-7-17(14)18/h2-3,5,7,9-12,18-19H,4,6,8,13H2,1H3,(H,22,25)(H,23,24)/t18-,19?/m0/s1. The molecule has 136 valence electrons. The number of methoxy groups -OCH3 is 1. The van der Waals surface area contributed by atoms with Crippen molar-refractivity contribution in [2.45, 2.75) is 37.6 Å². The van der Waals surface area contributed by atoms with Crippen molar-refractivity contribution < 1.29 is 19.4 Å². The minimum Gasteiger partial charge on any atom is -0.497 e. The average molecular weight is 353 g/mol. The number of aliphatic carboxylic acids is 1. The molecule has 0 saturated carbocycles. The number of carboxylic acids is 1. The van der Waals surface area contributed by atoms with Crippen LogP contribution in [0.15, 0.2) is 48.5 Å². The van der Waals surface area contributed by atoms with Gasteiger partial charge in [0.15, 0.2) is 0 Å². The Hall–Kier alpha value is -2.82. The maximum atomic E-state index is 12.9. The van der Waals surface area contributed by atoms with E-state index in [2.05, 4.69) is 11.4 Å². The number of amides is 1. The highest BCUT2D eigenvalue weighted by molar-refractivity contribution is 5.85. The summed E-state index contributed by atoms with van der Waals surface area (Å²) >= 11 is 0. The van der Waals surface area contributed by atoms with Crippen LogP contribution in [0.1, 0.15) is 47.9 Å². The van der Waals surface area contributed by atoms with Gasteiger partial charge < -0.3 is 15.2 Å². The Labute approximate surface area is 153 Å². The van der Waals surface area contributed by atoms with Crippen molar-refractivity contribution in [1.82, 2.24) is 5.32 Å². The molecule has 1 amide bonds. The highest BCUT2D eigenvalue weighted by atomic mass is 16.5. The molecule has 0 radical (unpaired) electrons. The van der Waals surface area contributed by atoms with E-state index in [0.717, 1.165) is 30.4 Å². The van der Waals surface area contributed by atoms with E-state index in [9.17, 15) is 14.7 Å². The number of carbonyl (C=O) groups excluding carboxylic acids is 1. The number of nitrogens with one attached hydrogen (secondary N) is 1. The predicted molar refractivity (Wildman–Crippen MR) is 98.3 cm³/mol. The molecule has 0 aromatic heterocycles. The summed E-state index contributed by atoms with van der Waals surface area (Å²) in [5.41, 5.74) is 3.02. The molecule has 5 nitrogen and oxygen atoms in total. The molecule has 2 aromatic rings. The Kier molecular flexibility index (Phi) is 5.56. The molecule has 5 heteroatoms. The Balaban J connectivity index is 1.80. The fraction of sp³-hybridized carbons (Fsp3) is 0.333. The monoisotopic (exact) mass is 353 g/mol. The number of hydrogen-bond donors (Lipinski definition) is 2. The Morgan fingerprint density at radius 1 is 1.19 bits per heavy atom. The normalized spacial score (nSPS) is 17.0. The van der Waals surface area contributed by atoms with Gasteiger partial charge in [-0.1, -0.05) is 36.4 Å². The van der Waals surface area contributed by atoms with Crippen molar-refractivity contribution in [3.05, 3.63) is 65.2 Å². The molecule has 0 saturated heterocycles. The van der Waals surface area contributed by atoms with Crippen LogP contribution in [0.25, 0.3) is 0 Å². The molecule has 3 rings (SSSR count). The highest BCUT2D eigenvalue weighted by Crippen LogP contribution is 2.32. The van der Waals surface area contributed by atoms with Crippen molar-refractivity contribution in [2.24, 2.45) is 0 Å². The zero-order valence-electron chi connectivity index (χ0n) is 14.8. The maximum absolute atomic E-state index is 12.9. The zero-order chi connectivity index (χ0) is 18.5. The molecule has 0 heterocycles. The third kappa shape index (κ3) is 4.04. The van der Waals surface area contributed by atoms with Crippen molar-refractivity contribution in [2.75, 3.05) is 7.11 Å². The number of hydrogen-bond acceptors (Lipinski definition) is 3. The van der Waals surface area contributed by atoms with Crippen LogP contribution < -0.4 is 10.1 Å². The molecule has 0 aliphatic heterocycles. The lowest BCUT2D eigenvalue weighted by Gasteiger charge is -2.27. The van der Waals surface area contributed by atoms with Gasteiger partial charge in [0, 0.05) is 0 Å². The van der Waals surface area contributed by atoms with Gasteiger partial charge in [0.2, 0.25) is 5.91 Å². The van der Waals surface area contributed by atoms with Gasteiger partial charge in [-0.15, -0.1) is 0 Å². The summed E-state index contributed by atoms with van der Waals surface area (Å²) in [7, 11) is 1.58. The van der Waals surface area contributed by atoms with E-state index in [1.165, 1.54) is 5.56 Å². The van der Waals surface area contributed by atoms with E-state index in [1.807, 2.05) is 18.2 Å². The van der Waals surface area contributed by atoms with E-state index >= 15 is 0 Å². The highest BCUT2D eigenvalue weighted by Gasteiger charge is 2.28. The van der Waals surface area contributed by atoms with Crippen LogP contribution in [0.4, 0.5) is 0 Å². The number of rotatable bonds is 6. The number of aryl methyl sites for hydroxylation is 1. The SMILES string of the molecule is COc1ccc(C(CC(=O)O)NC(=O)[C@H]2CCCc3ccccc32)cc1. The molecular formula is C21H23NO4. The fourth-order valence-corrected chi connectivity index (χ4v) is 3.56. The zero-order valence-corrected chi connectivity index (χ0v) is 14.8. The van der Waals surface area contributed by atoms with Crippen molar-refractivity contribution in [3.8, 4) is 5.75 Å². The van der Waals surface area contributed by atoms with Crippen LogP contribution >= 0.6 is 0 Å². The fourth-order valence-electron chi connectivity index (χ4n) is 3.56. The molecule has 1 aliphatic rings. The second-order valence-electron chi connectivity index (χ2n) is 6.58. The lowest BCUT2D eigenvalue weighted by Crippen LogP contribution is -2.35. The Morgan fingerprint density at radius 2 is 1.92 bits per heavy atom. The molecule has 2 N–H and O–H groups in total. The van der Waals surface area contributed by atoms with Gasteiger partial charge in [-0.05, 0) is 48.1 Å². The molecule has 26 heavy (non-hydrogen) atoms. The number of ether oxygens (including phenoxy) is 1. The first-order chi connectivity index (χ1) is 12.6. The first-order valence-electron chi connectivity index (χ1n) is 8.82. The predicted octanol–water partition coefficient (Wildman–Crippen LogP) is 3.45. The Bertz CT molecular complexity index is 785. The van der Waals surface area contributed by atoms with E-state index in [0.29, 0.717) is 5.75 Å². The quantitative estimate of drug-likeness (QED) is 0.834. The summed E-state index contributed by atoms with van der Waals surface area (Å²) in [5.74, 6) is -0.598.